The van der Waals surface area contributed by atoms with E-state index in [4.69, 9.17) is 19.4 Å². The second kappa shape index (κ2) is 17.6. The van der Waals surface area contributed by atoms with Crippen LogP contribution in [-0.2, 0) is 24.4 Å². The summed E-state index contributed by atoms with van der Waals surface area (Å²) in [5.74, 6) is -1.91. The van der Waals surface area contributed by atoms with Crippen molar-refractivity contribution >= 4 is 61.2 Å². The molecule has 19 heteroatoms. The van der Waals surface area contributed by atoms with Crippen molar-refractivity contribution in [2.75, 3.05) is 37.8 Å². The topological polar surface area (TPSA) is 221 Å². The molecule has 338 valence electrons. The molecule has 4 amide bonds. The van der Waals surface area contributed by atoms with Crippen molar-refractivity contribution in [3.05, 3.63) is 42.3 Å². The molecule has 6 atom stereocenters. The minimum absolute atomic E-state index is 0.0000434. The number of hydrogen-bond acceptors (Lipinski definition) is 12. The van der Waals surface area contributed by atoms with Crippen LogP contribution < -0.4 is 30.7 Å². The zero-order valence-electron chi connectivity index (χ0n) is 36.9. The number of ether oxygens (including phenoxy) is 2. The number of urea groups is 1. The average molecular weight is 897 g/mol. The first-order valence-corrected chi connectivity index (χ1v) is 23.4. The van der Waals surface area contributed by atoms with Crippen LogP contribution in [0.25, 0.3) is 22.3 Å². The number of nitrogens with zero attached hydrogens (tertiary/aromatic N) is 4. The number of rotatable bonds is 15. The second-order valence-corrected chi connectivity index (χ2v) is 21.8. The molecule has 2 aromatic heterocycles. The lowest BCUT2D eigenvalue weighted by molar-refractivity contribution is -0.146. The third kappa shape index (κ3) is 10.1. The molecule has 62 heavy (non-hydrogen) atoms. The number of sulfonamides is 1. The van der Waals surface area contributed by atoms with Gasteiger partial charge in [0.15, 0.2) is 5.13 Å². The van der Waals surface area contributed by atoms with Gasteiger partial charge in [-0.1, -0.05) is 47.6 Å². The maximum Gasteiger partial charge on any atom is 0.330 e. The standard InChI is InChI=1S/C43H60N8O9S2/c1-11-25-20-43(25,38(54)55)49-36(52)32-18-27(60-33-19-30(31-23-61-40(46-31)44-24(2)3)45-29-17-26(59-10)13-14-28(29)33)21-51(32)37(53)35(42(7,8)9)48-39(56)47-34(41(4,5)6)22-50-15-12-16-62(50,57)58/h11,13-14,17,19,23-25,27,32,34-35H,1,12,15-16,18,20-22H2,2-10H3,(H,44,46)(H,49,52)(H,54,55)(H2,47,48,56)/t25?,27?,32-,34+,35+,43+/m0/s1. The first-order chi connectivity index (χ1) is 28.9. The molecule has 1 saturated carbocycles. The number of carbonyl (C=O) groups is 4. The number of carbonyl (C=O) groups excluding carboxylic acids is 3. The van der Waals surface area contributed by atoms with Gasteiger partial charge in [0.2, 0.25) is 21.8 Å². The molecule has 0 radical (unpaired) electrons. The number of carboxylic acids is 1. The maximum atomic E-state index is 14.9. The highest BCUT2D eigenvalue weighted by atomic mass is 32.2. The number of carboxylic acid groups (broad SMARTS) is 1. The van der Waals surface area contributed by atoms with Gasteiger partial charge in [-0.2, -0.15) is 4.31 Å². The van der Waals surface area contributed by atoms with E-state index in [0.717, 1.165) is 5.13 Å². The molecule has 17 nitrogen and oxygen atoms in total. The molecule has 0 spiro atoms. The number of pyridine rings is 1. The van der Waals surface area contributed by atoms with Crippen molar-refractivity contribution in [1.82, 2.24) is 35.1 Å². The minimum atomic E-state index is -3.45. The normalized spacial score (nSPS) is 23.4. The predicted octanol–water partition coefficient (Wildman–Crippen LogP) is 4.85. The third-order valence-electron chi connectivity index (χ3n) is 11.7. The Morgan fingerprint density at radius 3 is 2.37 bits per heavy atom. The molecule has 2 unspecified atom stereocenters. The molecule has 1 aliphatic carbocycles. The van der Waals surface area contributed by atoms with E-state index in [0.29, 0.717) is 46.8 Å². The van der Waals surface area contributed by atoms with Crippen LogP contribution in [0.3, 0.4) is 0 Å². The Morgan fingerprint density at radius 1 is 1.06 bits per heavy atom. The maximum absolute atomic E-state index is 14.9. The van der Waals surface area contributed by atoms with Crippen LogP contribution in [-0.4, -0.2) is 125 Å². The van der Waals surface area contributed by atoms with Gasteiger partial charge < -0.3 is 40.7 Å². The summed E-state index contributed by atoms with van der Waals surface area (Å²) in [7, 11) is -1.89. The summed E-state index contributed by atoms with van der Waals surface area (Å²) in [4.78, 5) is 66.5. The fourth-order valence-corrected chi connectivity index (χ4v) is 10.3. The Morgan fingerprint density at radius 2 is 1.79 bits per heavy atom. The van der Waals surface area contributed by atoms with E-state index in [1.165, 1.54) is 26.6 Å². The molecule has 3 aliphatic rings. The van der Waals surface area contributed by atoms with Crippen LogP contribution in [0.5, 0.6) is 11.5 Å². The van der Waals surface area contributed by atoms with Gasteiger partial charge in [0.25, 0.3) is 0 Å². The molecule has 3 aromatic rings. The Bertz CT molecular complexity index is 2320. The molecule has 1 aromatic carbocycles. The zero-order chi connectivity index (χ0) is 45.5. The van der Waals surface area contributed by atoms with E-state index in [-0.39, 0.29) is 37.7 Å². The number of aliphatic carboxylic acids is 1. The van der Waals surface area contributed by atoms with Gasteiger partial charge in [-0.15, -0.1) is 17.9 Å². The molecule has 6 rings (SSSR count). The third-order valence-corrected chi connectivity index (χ3v) is 14.4. The van der Waals surface area contributed by atoms with E-state index < -0.39 is 80.4 Å². The van der Waals surface area contributed by atoms with Crippen molar-refractivity contribution in [2.24, 2.45) is 16.7 Å². The number of thiazole rings is 1. The SMILES string of the molecule is C=CC1C[C@]1(NC(=O)[C@@H]1CC(Oc2cc(-c3csc(NC(C)C)n3)nc3cc(OC)ccc23)CN1C(=O)[C@@H](NC(=O)N[C@H](CN1CCCS1(=O)=O)C(C)(C)C)C(C)(C)C)C(=O)O. The summed E-state index contributed by atoms with van der Waals surface area (Å²) < 4.78 is 39.0. The number of amides is 4. The summed E-state index contributed by atoms with van der Waals surface area (Å²) in [6.07, 6.45) is 1.38. The van der Waals surface area contributed by atoms with Crippen molar-refractivity contribution in [1.29, 1.82) is 0 Å². The number of methoxy groups -OCH3 is 1. The second-order valence-electron chi connectivity index (χ2n) is 18.9. The number of hydrogen-bond donors (Lipinski definition) is 5. The molecule has 3 fully saturated rings. The van der Waals surface area contributed by atoms with Gasteiger partial charge in [0.05, 0.1) is 30.6 Å². The lowest BCUT2D eigenvalue weighted by Gasteiger charge is -2.37. The molecule has 4 heterocycles. The number of likely N-dealkylation sites (tertiary alicyclic amines) is 1. The van der Waals surface area contributed by atoms with Crippen LogP contribution in [0, 0.1) is 16.7 Å². The highest BCUT2D eigenvalue weighted by molar-refractivity contribution is 7.89. The van der Waals surface area contributed by atoms with Gasteiger partial charge in [0, 0.05) is 60.4 Å². The van der Waals surface area contributed by atoms with Gasteiger partial charge >= 0.3 is 12.0 Å². The van der Waals surface area contributed by atoms with Gasteiger partial charge in [-0.25, -0.2) is 28.0 Å². The molecule has 2 aliphatic heterocycles. The Hall–Kier alpha value is -5.01. The van der Waals surface area contributed by atoms with Gasteiger partial charge in [-0.05, 0) is 49.7 Å². The number of nitrogens with one attached hydrogen (secondary N) is 4. The Labute approximate surface area is 367 Å². The van der Waals surface area contributed by atoms with Gasteiger partial charge in [0.1, 0.15) is 40.9 Å². The molecule has 5 N–H and O–H groups in total. The largest absolute Gasteiger partial charge is 0.497 e. The van der Waals surface area contributed by atoms with Crippen LogP contribution in [0.4, 0.5) is 9.93 Å². The summed E-state index contributed by atoms with van der Waals surface area (Å²) >= 11 is 1.44. The first kappa shape index (κ1) is 46.5. The summed E-state index contributed by atoms with van der Waals surface area (Å²) in [5.41, 5.74) is -1.30. The number of anilines is 1. The lowest BCUT2D eigenvalue weighted by Crippen LogP contribution is -2.62. The van der Waals surface area contributed by atoms with E-state index in [1.54, 1.807) is 46.1 Å². The van der Waals surface area contributed by atoms with Crippen molar-refractivity contribution in [3.8, 4) is 22.9 Å². The van der Waals surface area contributed by atoms with Crippen LogP contribution >= 0.6 is 11.3 Å². The molecule has 2 saturated heterocycles. The van der Waals surface area contributed by atoms with E-state index in [2.05, 4.69) is 27.8 Å². The van der Waals surface area contributed by atoms with Crippen LogP contribution in [0.1, 0.15) is 74.7 Å². The summed E-state index contributed by atoms with van der Waals surface area (Å²) in [6.45, 7) is 19.1. The number of fused-ring (bicyclic) bond motifs is 1. The summed E-state index contributed by atoms with van der Waals surface area (Å²) in [5, 5.41) is 25.3. The van der Waals surface area contributed by atoms with E-state index >= 15 is 0 Å². The van der Waals surface area contributed by atoms with Crippen molar-refractivity contribution < 1.29 is 42.2 Å². The monoisotopic (exact) mass is 896 g/mol. The van der Waals surface area contributed by atoms with Crippen LogP contribution in [0.2, 0.25) is 0 Å². The predicted molar refractivity (Wildman–Crippen MR) is 238 cm³/mol. The Kier molecular flexibility index (Phi) is 13.2. The fourth-order valence-electron chi connectivity index (χ4n) is 7.89. The Balaban J connectivity index is 1.31. The summed E-state index contributed by atoms with van der Waals surface area (Å²) in [6, 6.07) is 3.66. The van der Waals surface area contributed by atoms with Crippen LogP contribution in [0.15, 0.2) is 42.3 Å². The minimum Gasteiger partial charge on any atom is -0.497 e. The molecular weight excluding hydrogens is 837 g/mol. The van der Waals surface area contributed by atoms with Crippen molar-refractivity contribution in [3.63, 3.8) is 0 Å². The number of benzene rings is 1. The average Bonchev–Trinajstić information content (AvgIpc) is 3.44. The smallest absolute Gasteiger partial charge is 0.330 e. The van der Waals surface area contributed by atoms with E-state index in [1.807, 2.05) is 46.1 Å². The highest BCUT2D eigenvalue weighted by Crippen LogP contribution is 2.45. The first-order valence-electron chi connectivity index (χ1n) is 20.9. The lowest BCUT2D eigenvalue weighted by atomic mass is 9.85. The van der Waals surface area contributed by atoms with Gasteiger partial charge in [-0.3, -0.25) is 9.59 Å². The molecular formula is C43H60N8O9S2. The highest BCUT2D eigenvalue weighted by Gasteiger charge is 2.61. The van der Waals surface area contributed by atoms with Crippen molar-refractivity contribution in [2.45, 2.75) is 110 Å². The zero-order valence-corrected chi connectivity index (χ0v) is 38.5. The number of aromatic nitrogens is 2. The van der Waals surface area contributed by atoms with E-state index in [9.17, 15) is 32.7 Å². The molecule has 0 bridgehead atoms. The quantitative estimate of drug-likeness (QED) is 0.129. The fraction of sp³-hybridized carbons (Fsp3) is 0.581.